The van der Waals surface area contributed by atoms with Crippen LogP contribution in [0.1, 0.15) is 19.8 Å². The number of nitrogen functional groups attached to an aromatic ring is 1. The van der Waals surface area contributed by atoms with Gasteiger partial charge in [0.2, 0.25) is 0 Å². The molecule has 0 bridgehead atoms. The smallest absolute Gasteiger partial charge is 0.261 e. The van der Waals surface area contributed by atoms with E-state index in [1.165, 1.54) is 0 Å². The Morgan fingerprint density at radius 1 is 1.47 bits per heavy atom. The first kappa shape index (κ1) is 12.2. The largest absolute Gasteiger partial charge is 0.399 e. The number of nitrogens with zero attached hydrogens (tertiary/aromatic N) is 2. The molecule has 1 aromatic carbocycles. The second kappa shape index (κ2) is 4.66. The van der Waals surface area contributed by atoms with Gasteiger partial charge in [0.25, 0.3) is 5.56 Å². The Labute approximate surface area is 111 Å². The van der Waals surface area contributed by atoms with Gasteiger partial charge in [0.1, 0.15) is 0 Å². The molecule has 0 amide bonds. The van der Waals surface area contributed by atoms with Crippen molar-refractivity contribution in [3.63, 3.8) is 0 Å². The van der Waals surface area contributed by atoms with Gasteiger partial charge in [-0.1, -0.05) is 0 Å². The number of fused-ring (bicyclic) bond motifs is 1. The van der Waals surface area contributed by atoms with Crippen molar-refractivity contribution in [3.8, 4) is 0 Å². The van der Waals surface area contributed by atoms with Crippen molar-refractivity contribution in [2.75, 3.05) is 5.73 Å². The van der Waals surface area contributed by atoms with E-state index < -0.39 is 0 Å². The summed E-state index contributed by atoms with van der Waals surface area (Å²) in [5.74, 6) is 0. The molecule has 2 aromatic rings. The molecule has 100 valence electrons. The third-order valence-corrected chi connectivity index (χ3v) is 3.57. The lowest BCUT2D eigenvalue weighted by Crippen LogP contribution is -2.27. The van der Waals surface area contributed by atoms with Crippen molar-refractivity contribution < 1.29 is 4.74 Å². The molecule has 2 atom stereocenters. The molecule has 5 heteroatoms. The standard InChI is InChI=1S/C14H17N3O2/c1-9-2-4-11(19-9)7-17-8-16-13-5-3-10(15)6-12(13)14(17)18/h3,5-6,8-9,11H,2,4,7,15H2,1H3. The summed E-state index contributed by atoms with van der Waals surface area (Å²) in [5, 5.41) is 0.563. The minimum Gasteiger partial charge on any atom is -0.399 e. The van der Waals surface area contributed by atoms with Crippen LogP contribution in [0.3, 0.4) is 0 Å². The number of rotatable bonds is 2. The molecule has 0 radical (unpaired) electrons. The summed E-state index contributed by atoms with van der Waals surface area (Å²) in [4.78, 5) is 16.7. The zero-order valence-electron chi connectivity index (χ0n) is 10.9. The molecule has 1 aliphatic rings. The number of nitrogens with two attached hydrogens (primary N) is 1. The quantitative estimate of drug-likeness (QED) is 0.831. The molecule has 2 heterocycles. The van der Waals surface area contributed by atoms with E-state index in [9.17, 15) is 4.79 Å². The average molecular weight is 259 g/mol. The number of hydrogen-bond donors (Lipinski definition) is 1. The third-order valence-electron chi connectivity index (χ3n) is 3.57. The summed E-state index contributed by atoms with van der Waals surface area (Å²) in [7, 11) is 0. The molecule has 1 saturated heterocycles. The minimum absolute atomic E-state index is 0.0551. The number of ether oxygens (including phenoxy) is 1. The van der Waals surface area contributed by atoms with Crippen LogP contribution in [-0.4, -0.2) is 21.8 Å². The fourth-order valence-electron chi connectivity index (χ4n) is 2.55. The third kappa shape index (κ3) is 2.33. The Morgan fingerprint density at radius 2 is 2.32 bits per heavy atom. The zero-order valence-corrected chi connectivity index (χ0v) is 10.9. The van der Waals surface area contributed by atoms with Gasteiger partial charge in [0, 0.05) is 5.69 Å². The Hall–Kier alpha value is -1.88. The van der Waals surface area contributed by atoms with Crippen molar-refractivity contribution >= 4 is 16.6 Å². The van der Waals surface area contributed by atoms with E-state index in [4.69, 9.17) is 10.5 Å². The summed E-state index contributed by atoms with van der Waals surface area (Å²) in [6.45, 7) is 2.61. The Morgan fingerprint density at radius 3 is 3.05 bits per heavy atom. The van der Waals surface area contributed by atoms with Gasteiger partial charge in [0.05, 0.1) is 36.0 Å². The summed E-state index contributed by atoms with van der Waals surface area (Å²) in [5.41, 5.74) is 6.92. The minimum atomic E-state index is -0.0551. The topological polar surface area (TPSA) is 70.1 Å². The first-order valence-electron chi connectivity index (χ1n) is 6.53. The molecule has 1 fully saturated rings. The predicted molar refractivity (Wildman–Crippen MR) is 74.0 cm³/mol. The van der Waals surface area contributed by atoms with E-state index in [0.29, 0.717) is 23.1 Å². The first-order chi connectivity index (χ1) is 9.13. The van der Waals surface area contributed by atoms with Crippen LogP contribution in [0.15, 0.2) is 29.3 Å². The van der Waals surface area contributed by atoms with Crippen LogP contribution in [0.25, 0.3) is 10.9 Å². The molecule has 1 aliphatic heterocycles. The molecule has 0 aliphatic carbocycles. The summed E-state index contributed by atoms with van der Waals surface area (Å²) >= 11 is 0. The van der Waals surface area contributed by atoms with E-state index in [0.717, 1.165) is 12.8 Å². The van der Waals surface area contributed by atoms with Crippen molar-refractivity contribution in [2.24, 2.45) is 0 Å². The van der Waals surface area contributed by atoms with Gasteiger partial charge in [-0.25, -0.2) is 4.98 Å². The zero-order chi connectivity index (χ0) is 13.4. The van der Waals surface area contributed by atoms with Gasteiger partial charge in [-0.05, 0) is 38.0 Å². The van der Waals surface area contributed by atoms with Crippen LogP contribution in [0.4, 0.5) is 5.69 Å². The van der Waals surface area contributed by atoms with Gasteiger partial charge < -0.3 is 10.5 Å². The van der Waals surface area contributed by atoms with Gasteiger partial charge in [0.15, 0.2) is 0 Å². The van der Waals surface area contributed by atoms with Gasteiger partial charge in [-0.3, -0.25) is 9.36 Å². The van der Waals surface area contributed by atoms with Crippen LogP contribution >= 0.6 is 0 Å². The fraction of sp³-hybridized carbons (Fsp3) is 0.429. The van der Waals surface area contributed by atoms with Crippen molar-refractivity contribution in [1.29, 1.82) is 0 Å². The highest BCUT2D eigenvalue weighted by Gasteiger charge is 2.22. The van der Waals surface area contributed by atoms with E-state index in [1.807, 2.05) is 0 Å². The van der Waals surface area contributed by atoms with E-state index in [-0.39, 0.29) is 17.8 Å². The molecule has 2 N–H and O–H groups in total. The normalized spacial score (nSPS) is 23.0. The van der Waals surface area contributed by atoms with E-state index >= 15 is 0 Å². The van der Waals surface area contributed by atoms with Crippen molar-refractivity contribution in [3.05, 3.63) is 34.9 Å². The Kier molecular flexibility index (Phi) is 2.98. The van der Waals surface area contributed by atoms with Gasteiger partial charge in [-0.15, -0.1) is 0 Å². The van der Waals surface area contributed by atoms with Crippen LogP contribution in [0.5, 0.6) is 0 Å². The van der Waals surface area contributed by atoms with Crippen molar-refractivity contribution in [1.82, 2.24) is 9.55 Å². The van der Waals surface area contributed by atoms with Gasteiger partial charge >= 0.3 is 0 Å². The summed E-state index contributed by atoms with van der Waals surface area (Å²) in [6.07, 6.45) is 4.01. The highest BCUT2D eigenvalue weighted by Crippen LogP contribution is 2.20. The predicted octanol–water partition coefficient (Wildman–Crippen LogP) is 1.55. The lowest BCUT2D eigenvalue weighted by atomic mass is 10.2. The van der Waals surface area contributed by atoms with Gasteiger partial charge in [-0.2, -0.15) is 0 Å². The molecule has 0 saturated carbocycles. The first-order valence-corrected chi connectivity index (χ1v) is 6.53. The molecule has 19 heavy (non-hydrogen) atoms. The molecular formula is C14H17N3O2. The Bertz CT molecular complexity index is 665. The highest BCUT2D eigenvalue weighted by atomic mass is 16.5. The molecule has 2 unspecified atom stereocenters. The molecule has 3 rings (SSSR count). The average Bonchev–Trinajstić information content (AvgIpc) is 2.79. The second-order valence-electron chi connectivity index (χ2n) is 5.12. The number of benzene rings is 1. The molecule has 5 nitrogen and oxygen atoms in total. The maximum absolute atomic E-state index is 12.4. The van der Waals surface area contributed by atoms with E-state index in [1.54, 1.807) is 29.1 Å². The molecule has 0 spiro atoms. The lowest BCUT2D eigenvalue weighted by molar-refractivity contribution is 0.0451. The van der Waals surface area contributed by atoms with Crippen molar-refractivity contribution in [2.45, 2.75) is 38.5 Å². The molecular weight excluding hydrogens is 242 g/mol. The molecule has 1 aromatic heterocycles. The maximum Gasteiger partial charge on any atom is 0.261 e. The number of aromatic nitrogens is 2. The Balaban J connectivity index is 1.96. The number of hydrogen-bond acceptors (Lipinski definition) is 4. The summed E-state index contributed by atoms with van der Waals surface area (Å²) in [6, 6.07) is 5.20. The second-order valence-corrected chi connectivity index (χ2v) is 5.12. The maximum atomic E-state index is 12.4. The van der Waals surface area contributed by atoms with E-state index in [2.05, 4.69) is 11.9 Å². The van der Waals surface area contributed by atoms with Crippen LogP contribution < -0.4 is 11.3 Å². The highest BCUT2D eigenvalue weighted by molar-refractivity contribution is 5.80. The van der Waals surface area contributed by atoms with Crippen LogP contribution in [-0.2, 0) is 11.3 Å². The fourth-order valence-corrected chi connectivity index (χ4v) is 2.55. The SMILES string of the molecule is CC1CCC(Cn2cnc3ccc(N)cc3c2=O)O1. The lowest BCUT2D eigenvalue weighted by Gasteiger charge is -2.13. The summed E-state index contributed by atoms with van der Waals surface area (Å²) < 4.78 is 7.36. The monoisotopic (exact) mass is 259 g/mol. The van der Waals surface area contributed by atoms with Crippen LogP contribution in [0, 0.1) is 0 Å². The van der Waals surface area contributed by atoms with Crippen LogP contribution in [0.2, 0.25) is 0 Å². The number of anilines is 1.